The van der Waals surface area contributed by atoms with Gasteiger partial charge in [0.15, 0.2) is 0 Å². The van der Waals surface area contributed by atoms with Crippen molar-refractivity contribution < 1.29 is 14.3 Å². The van der Waals surface area contributed by atoms with Gasteiger partial charge in [0.25, 0.3) is 0 Å². The van der Waals surface area contributed by atoms with Gasteiger partial charge in [-0.15, -0.1) is 0 Å². The van der Waals surface area contributed by atoms with E-state index in [1.165, 1.54) is 5.56 Å². The molecule has 0 amide bonds. The predicted octanol–water partition coefficient (Wildman–Crippen LogP) is 3.54. The zero-order chi connectivity index (χ0) is 15.1. The molecule has 1 aromatic rings. The van der Waals surface area contributed by atoms with Gasteiger partial charge in [-0.2, -0.15) is 0 Å². The van der Waals surface area contributed by atoms with Crippen LogP contribution in [-0.2, 0) is 16.0 Å². The third kappa shape index (κ3) is 2.44. The number of ether oxygens (including phenoxy) is 1. The van der Waals surface area contributed by atoms with Gasteiger partial charge in [0.2, 0.25) is 0 Å². The Morgan fingerprint density at radius 1 is 1.43 bits per heavy atom. The third-order valence-electron chi connectivity index (χ3n) is 4.90. The maximum absolute atomic E-state index is 11.8. The summed E-state index contributed by atoms with van der Waals surface area (Å²) >= 11 is 3.48. The van der Waals surface area contributed by atoms with Gasteiger partial charge < -0.3 is 9.53 Å². The molecule has 0 radical (unpaired) electrons. The number of benzene rings is 1. The molecule has 3 aliphatic rings. The van der Waals surface area contributed by atoms with Gasteiger partial charge in [0.1, 0.15) is 6.29 Å². The second-order valence-corrected chi connectivity index (χ2v) is 7.51. The number of esters is 1. The zero-order valence-corrected chi connectivity index (χ0v) is 13.7. The Morgan fingerprint density at radius 2 is 2.14 bits per heavy atom. The van der Waals surface area contributed by atoms with Crippen LogP contribution in [0.2, 0.25) is 0 Å². The van der Waals surface area contributed by atoms with Gasteiger partial charge in [-0.25, -0.2) is 4.79 Å². The number of hydrogen-bond donors (Lipinski definition) is 0. The minimum Gasteiger partial charge on any atom is -0.462 e. The molecule has 1 aromatic carbocycles. The van der Waals surface area contributed by atoms with Crippen molar-refractivity contribution >= 4 is 28.2 Å². The number of halogens is 1. The lowest BCUT2D eigenvalue weighted by atomic mass is 9.33. The Bertz CT molecular complexity index is 561. The lowest BCUT2D eigenvalue weighted by Crippen LogP contribution is -2.66. The summed E-state index contributed by atoms with van der Waals surface area (Å²) in [4.78, 5) is 22.7. The Balaban J connectivity index is 1.64. The topological polar surface area (TPSA) is 43.4 Å². The Labute approximate surface area is 133 Å². The van der Waals surface area contributed by atoms with Crippen molar-refractivity contribution in [3.05, 3.63) is 35.4 Å². The number of rotatable bonds is 6. The summed E-state index contributed by atoms with van der Waals surface area (Å²) in [6.07, 6.45) is 5.33. The normalized spacial score (nSPS) is 30.8. The van der Waals surface area contributed by atoms with Crippen molar-refractivity contribution in [2.24, 2.45) is 10.8 Å². The third-order valence-corrected chi connectivity index (χ3v) is 6.09. The molecule has 0 spiro atoms. The standard InChI is InChI=1S/C17H19BrO3/c1-2-21-15(20)13-5-3-4-12(6-13)7-16-9-17(10-16,11-16)14(18)8-19/h3-6,8,14H,2,7,9-11H2,1H3. The predicted molar refractivity (Wildman–Crippen MR) is 83.6 cm³/mol. The van der Waals surface area contributed by atoms with Crippen molar-refractivity contribution in [3.63, 3.8) is 0 Å². The van der Waals surface area contributed by atoms with Crippen LogP contribution in [-0.4, -0.2) is 23.7 Å². The van der Waals surface area contributed by atoms with Crippen molar-refractivity contribution in [2.45, 2.75) is 37.4 Å². The van der Waals surface area contributed by atoms with E-state index >= 15 is 0 Å². The monoisotopic (exact) mass is 350 g/mol. The van der Waals surface area contributed by atoms with Crippen LogP contribution < -0.4 is 0 Å². The molecule has 1 atom stereocenters. The summed E-state index contributed by atoms with van der Waals surface area (Å²) in [5, 5.41) is 0. The molecule has 4 heteroatoms. The number of hydrogen-bond acceptors (Lipinski definition) is 3. The first kappa shape index (κ1) is 14.8. The minimum atomic E-state index is -0.255. The van der Waals surface area contributed by atoms with E-state index in [0.717, 1.165) is 32.0 Å². The fourth-order valence-electron chi connectivity index (χ4n) is 4.17. The fourth-order valence-corrected chi connectivity index (χ4v) is 4.65. The first-order chi connectivity index (χ1) is 10.0. The van der Waals surface area contributed by atoms with Crippen LogP contribution in [0.1, 0.15) is 42.1 Å². The average molecular weight is 351 g/mol. The maximum atomic E-state index is 11.8. The summed E-state index contributed by atoms with van der Waals surface area (Å²) in [5.41, 5.74) is 2.37. The number of alkyl halides is 1. The molecule has 2 bridgehead atoms. The second kappa shape index (κ2) is 5.24. The quantitative estimate of drug-likeness (QED) is 0.447. The largest absolute Gasteiger partial charge is 0.462 e. The van der Waals surface area contributed by atoms with Crippen LogP contribution in [0.5, 0.6) is 0 Å². The highest BCUT2D eigenvalue weighted by Crippen LogP contribution is 2.76. The fraction of sp³-hybridized carbons (Fsp3) is 0.529. The van der Waals surface area contributed by atoms with Crippen molar-refractivity contribution in [2.75, 3.05) is 6.61 Å². The van der Waals surface area contributed by atoms with Crippen LogP contribution in [0.3, 0.4) is 0 Å². The summed E-state index contributed by atoms with van der Waals surface area (Å²) in [7, 11) is 0. The Morgan fingerprint density at radius 3 is 2.76 bits per heavy atom. The average Bonchev–Trinajstić information content (AvgIpc) is 2.41. The first-order valence-corrected chi connectivity index (χ1v) is 8.30. The summed E-state index contributed by atoms with van der Waals surface area (Å²) in [5.74, 6) is -0.255. The van der Waals surface area contributed by atoms with Gasteiger partial charge in [0.05, 0.1) is 17.0 Å². The van der Waals surface area contributed by atoms with E-state index < -0.39 is 0 Å². The molecular weight excluding hydrogens is 332 g/mol. The van der Waals surface area contributed by atoms with Gasteiger partial charge in [-0.05, 0) is 61.1 Å². The van der Waals surface area contributed by atoms with Gasteiger partial charge in [-0.3, -0.25) is 0 Å². The smallest absolute Gasteiger partial charge is 0.338 e. The van der Waals surface area contributed by atoms with Crippen molar-refractivity contribution in [1.29, 1.82) is 0 Å². The van der Waals surface area contributed by atoms with E-state index in [2.05, 4.69) is 22.0 Å². The van der Waals surface area contributed by atoms with Crippen LogP contribution in [0.4, 0.5) is 0 Å². The van der Waals surface area contributed by atoms with E-state index in [-0.39, 0.29) is 16.2 Å². The molecule has 4 rings (SSSR count). The van der Waals surface area contributed by atoms with E-state index in [9.17, 15) is 9.59 Å². The Hall–Kier alpha value is -1.16. The number of aldehydes is 1. The molecule has 0 aliphatic heterocycles. The summed E-state index contributed by atoms with van der Waals surface area (Å²) in [6.45, 7) is 2.21. The highest BCUT2D eigenvalue weighted by molar-refractivity contribution is 9.10. The molecule has 3 aliphatic carbocycles. The van der Waals surface area contributed by atoms with Crippen LogP contribution in [0, 0.1) is 10.8 Å². The number of carbonyl (C=O) groups is 2. The molecule has 3 fully saturated rings. The van der Waals surface area contributed by atoms with Crippen LogP contribution >= 0.6 is 15.9 Å². The summed E-state index contributed by atoms with van der Waals surface area (Å²) in [6, 6.07) is 7.73. The van der Waals surface area contributed by atoms with E-state index in [4.69, 9.17) is 4.74 Å². The molecule has 3 nitrogen and oxygen atoms in total. The van der Waals surface area contributed by atoms with E-state index in [0.29, 0.717) is 17.6 Å². The van der Waals surface area contributed by atoms with Crippen molar-refractivity contribution in [1.82, 2.24) is 0 Å². The van der Waals surface area contributed by atoms with Crippen molar-refractivity contribution in [3.8, 4) is 0 Å². The maximum Gasteiger partial charge on any atom is 0.338 e. The van der Waals surface area contributed by atoms with Gasteiger partial charge in [-0.1, -0.05) is 28.1 Å². The molecule has 112 valence electrons. The molecule has 0 heterocycles. The van der Waals surface area contributed by atoms with E-state index in [1.54, 1.807) is 6.07 Å². The second-order valence-electron chi connectivity index (χ2n) is 6.53. The van der Waals surface area contributed by atoms with Gasteiger partial charge in [0, 0.05) is 0 Å². The lowest BCUT2D eigenvalue weighted by molar-refractivity contribution is -0.198. The molecule has 21 heavy (non-hydrogen) atoms. The highest BCUT2D eigenvalue weighted by atomic mass is 79.9. The van der Waals surface area contributed by atoms with Crippen LogP contribution in [0.25, 0.3) is 0 Å². The minimum absolute atomic E-state index is 0.00209. The molecule has 3 saturated carbocycles. The zero-order valence-electron chi connectivity index (χ0n) is 12.1. The first-order valence-electron chi connectivity index (χ1n) is 7.38. The number of carbonyl (C=O) groups excluding carboxylic acids is 2. The molecule has 0 saturated heterocycles. The van der Waals surface area contributed by atoms with Gasteiger partial charge >= 0.3 is 5.97 Å². The lowest BCUT2D eigenvalue weighted by Gasteiger charge is -2.72. The molecule has 1 unspecified atom stereocenters. The molecule has 0 aromatic heterocycles. The van der Waals surface area contributed by atoms with E-state index in [1.807, 2.05) is 19.1 Å². The SMILES string of the molecule is CCOC(=O)c1cccc(CC23CC(C(Br)C=O)(C2)C3)c1. The Kier molecular flexibility index (Phi) is 3.68. The summed E-state index contributed by atoms with van der Waals surface area (Å²) < 4.78 is 5.04. The van der Waals surface area contributed by atoms with Crippen LogP contribution in [0.15, 0.2) is 24.3 Å². The highest BCUT2D eigenvalue weighted by Gasteiger charge is 2.69. The molecular formula is C17H19BrO3. The molecule has 0 N–H and O–H groups in total.